The Balaban J connectivity index is 1.67. The lowest BCUT2D eigenvalue weighted by Gasteiger charge is -2.14. The van der Waals surface area contributed by atoms with E-state index in [9.17, 15) is 24.5 Å². The van der Waals surface area contributed by atoms with E-state index in [2.05, 4.69) is 10.6 Å². The van der Waals surface area contributed by atoms with E-state index in [4.69, 9.17) is 0 Å². The largest absolute Gasteiger partial charge is 0.336 e. The summed E-state index contributed by atoms with van der Waals surface area (Å²) in [5, 5.41) is 16.1. The van der Waals surface area contributed by atoms with Gasteiger partial charge in [0, 0.05) is 36.6 Å². The summed E-state index contributed by atoms with van der Waals surface area (Å²) in [4.78, 5) is 47.1. The molecule has 3 rings (SSSR count). The molecular weight excluding hydrogens is 342 g/mol. The molecular formula is C16H15N5O5. The van der Waals surface area contributed by atoms with Gasteiger partial charge in [0.15, 0.2) is 0 Å². The van der Waals surface area contributed by atoms with Crippen LogP contribution in [0, 0.1) is 10.1 Å². The lowest BCUT2D eigenvalue weighted by molar-refractivity contribution is -0.385. The Morgan fingerprint density at radius 1 is 1.19 bits per heavy atom. The molecule has 26 heavy (non-hydrogen) atoms. The first kappa shape index (κ1) is 17.1. The van der Waals surface area contributed by atoms with Crippen molar-refractivity contribution in [3.05, 3.63) is 63.1 Å². The maximum Gasteiger partial charge on any atom is 0.321 e. The number of carbonyl (C=O) groups is 2. The number of nitrogens with zero attached hydrogens (tertiary/aromatic N) is 3. The molecule has 10 nitrogen and oxygen atoms in total. The first-order valence-electron chi connectivity index (χ1n) is 7.74. The maximum absolute atomic E-state index is 12.1. The topological polar surface area (TPSA) is 127 Å². The Hall–Kier alpha value is -3.69. The molecule has 0 spiro atoms. The molecule has 2 aromatic rings. The van der Waals surface area contributed by atoms with E-state index in [0.29, 0.717) is 24.5 Å². The van der Waals surface area contributed by atoms with Crippen molar-refractivity contribution in [2.75, 3.05) is 23.3 Å². The Morgan fingerprint density at radius 2 is 1.92 bits per heavy atom. The third kappa shape index (κ3) is 3.69. The van der Waals surface area contributed by atoms with E-state index in [1.54, 1.807) is 29.2 Å². The number of benzene rings is 1. The molecule has 1 saturated heterocycles. The third-order valence-electron chi connectivity index (χ3n) is 3.81. The molecule has 0 saturated carbocycles. The van der Waals surface area contributed by atoms with E-state index < -0.39 is 16.4 Å². The second-order valence-corrected chi connectivity index (χ2v) is 5.59. The SMILES string of the molecule is O=C(Cn1cc([N+](=O)[O-])ccc1=O)Nc1ccc(N2CCNC2=O)cc1. The smallest absolute Gasteiger partial charge is 0.321 e. The molecule has 0 atom stereocenters. The van der Waals surface area contributed by atoms with Gasteiger partial charge in [-0.05, 0) is 24.3 Å². The van der Waals surface area contributed by atoms with Gasteiger partial charge in [0.05, 0.1) is 11.1 Å². The molecule has 134 valence electrons. The zero-order chi connectivity index (χ0) is 18.7. The minimum Gasteiger partial charge on any atom is -0.336 e. The fourth-order valence-corrected chi connectivity index (χ4v) is 2.55. The van der Waals surface area contributed by atoms with E-state index in [1.165, 1.54) is 0 Å². The van der Waals surface area contributed by atoms with E-state index in [-0.39, 0.29) is 18.3 Å². The van der Waals surface area contributed by atoms with Gasteiger partial charge >= 0.3 is 6.03 Å². The number of pyridine rings is 1. The predicted octanol–water partition coefficient (Wildman–Crippen LogP) is 0.925. The lowest BCUT2D eigenvalue weighted by atomic mass is 10.2. The highest BCUT2D eigenvalue weighted by Gasteiger charge is 2.20. The normalized spacial score (nSPS) is 13.4. The molecule has 1 aromatic carbocycles. The van der Waals surface area contributed by atoms with Crippen molar-refractivity contribution in [2.24, 2.45) is 0 Å². The molecule has 0 aliphatic carbocycles. The van der Waals surface area contributed by atoms with Crippen LogP contribution in [-0.2, 0) is 11.3 Å². The third-order valence-corrected chi connectivity index (χ3v) is 3.81. The van der Waals surface area contributed by atoms with Crippen molar-refractivity contribution in [1.29, 1.82) is 0 Å². The molecule has 1 fully saturated rings. The number of anilines is 2. The molecule has 2 heterocycles. The summed E-state index contributed by atoms with van der Waals surface area (Å²) in [5.74, 6) is -0.501. The summed E-state index contributed by atoms with van der Waals surface area (Å²) >= 11 is 0. The van der Waals surface area contributed by atoms with Crippen LogP contribution in [0.5, 0.6) is 0 Å². The molecule has 1 aromatic heterocycles. The van der Waals surface area contributed by atoms with Gasteiger partial charge in [-0.3, -0.25) is 29.2 Å². The van der Waals surface area contributed by atoms with Gasteiger partial charge in [-0.25, -0.2) is 4.79 Å². The van der Waals surface area contributed by atoms with E-state index in [1.807, 2.05) is 0 Å². The number of nitro groups is 1. The van der Waals surface area contributed by atoms with Crippen LogP contribution in [-0.4, -0.2) is 34.5 Å². The number of rotatable bonds is 5. The van der Waals surface area contributed by atoms with Crippen molar-refractivity contribution >= 4 is 29.0 Å². The number of amides is 3. The first-order valence-corrected chi connectivity index (χ1v) is 7.74. The second kappa shape index (κ2) is 7.05. The van der Waals surface area contributed by atoms with E-state index in [0.717, 1.165) is 22.9 Å². The average Bonchev–Trinajstić information content (AvgIpc) is 3.03. The van der Waals surface area contributed by atoms with Crippen LogP contribution in [0.15, 0.2) is 47.4 Å². The quantitative estimate of drug-likeness (QED) is 0.608. The number of carbonyl (C=O) groups excluding carboxylic acids is 2. The molecule has 1 aliphatic rings. The fraction of sp³-hybridized carbons (Fsp3) is 0.188. The van der Waals surface area contributed by atoms with Crippen molar-refractivity contribution in [2.45, 2.75) is 6.54 Å². The van der Waals surface area contributed by atoms with Crippen molar-refractivity contribution in [3.8, 4) is 0 Å². The van der Waals surface area contributed by atoms with Gasteiger partial charge in [0.25, 0.3) is 11.2 Å². The highest BCUT2D eigenvalue weighted by Crippen LogP contribution is 2.19. The summed E-state index contributed by atoms with van der Waals surface area (Å²) < 4.78 is 0.969. The highest BCUT2D eigenvalue weighted by atomic mass is 16.6. The van der Waals surface area contributed by atoms with Crippen LogP contribution < -0.4 is 21.1 Å². The van der Waals surface area contributed by atoms with E-state index >= 15 is 0 Å². The average molecular weight is 357 g/mol. The molecule has 0 bridgehead atoms. The first-order chi connectivity index (χ1) is 12.4. The number of hydrogen-bond acceptors (Lipinski definition) is 5. The monoisotopic (exact) mass is 357 g/mol. The van der Waals surface area contributed by atoms with Crippen LogP contribution in [0.4, 0.5) is 21.9 Å². The number of nitrogens with one attached hydrogen (secondary N) is 2. The van der Waals surface area contributed by atoms with Gasteiger partial charge in [-0.2, -0.15) is 0 Å². The highest BCUT2D eigenvalue weighted by molar-refractivity contribution is 5.95. The Labute approximate surface area is 147 Å². The van der Waals surface area contributed by atoms with Gasteiger partial charge < -0.3 is 10.6 Å². The molecule has 1 aliphatic heterocycles. The standard InChI is InChI=1S/C16H15N5O5/c22-14(10-19-9-13(21(25)26)5-6-15(19)23)18-11-1-3-12(4-2-11)20-8-7-17-16(20)24/h1-6,9H,7-8,10H2,(H,17,24)(H,18,22). The summed E-state index contributed by atoms with van der Waals surface area (Å²) in [6.45, 7) is 0.798. The molecule has 2 N–H and O–H groups in total. The molecule has 0 radical (unpaired) electrons. The number of aromatic nitrogens is 1. The molecule has 0 unspecified atom stereocenters. The van der Waals surface area contributed by atoms with Crippen molar-refractivity contribution < 1.29 is 14.5 Å². The number of urea groups is 1. The van der Waals surface area contributed by atoms with Gasteiger partial charge in [-0.15, -0.1) is 0 Å². The zero-order valence-electron chi connectivity index (χ0n) is 13.5. The maximum atomic E-state index is 12.1. The summed E-state index contributed by atoms with van der Waals surface area (Å²) in [7, 11) is 0. The number of hydrogen-bond donors (Lipinski definition) is 2. The molecule has 3 amide bonds. The van der Waals surface area contributed by atoms with Crippen LogP contribution >= 0.6 is 0 Å². The zero-order valence-corrected chi connectivity index (χ0v) is 13.5. The Bertz CT molecular complexity index is 921. The predicted molar refractivity (Wildman–Crippen MR) is 93.2 cm³/mol. The van der Waals surface area contributed by atoms with Gasteiger partial charge in [-0.1, -0.05) is 0 Å². The van der Waals surface area contributed by atoms with Gasteiger partial charge in [0.2, 0.25) is 5.91 Å². The Morgan fingerprint density at radius 3 is 2.54 bits per heavy atom. The second-order valence-electron chi connectivity index (χ2n) is 5.59. The summed E-state index contributed by atoms with van der Waals surface area (Å²) in [6, 6.07) is 8.61. The summed E-state index contributed by atoms with van der Waals surface area (Å²) in [6.07, 6.45) is 1.02. The molecule has 10 heteroatoms. The van der Waals surface area contributed by atoms with Crippen LogP contribution in [0.3, 0.4) is 0 Å². The lowest BCUT2D eigenvalue weighted by Crippen LogP contribution is -2.28. The summed E-state index contributed by atoms with van der Waals surface area (Å²) in [5.41, 5.74) is 0.400. The van der Waals surface area contributed by atoms with Gasteiger partial charge in [0.1, 0.15) is 6.54 Å². The van der Waals surface area contributed by atoms with Crippen molar-refractivity contribution in [1.82, 2.24) is 9.88 Å². The fourth-order valence-electron chi connectivity index (χ4n) is 2.55. The Kier molecular flexibility index (Phi) is 4.65. The van der Waals surface area contributed by atoms with Crippen molar-refractivity contribution in [3.63, 3.8) is 0 Å². The van der Waals surface area contributed by atoms with Crippen LogP contribution in [0.2, 0.25) is 0 Å². The minimum atomic E-state index is -0.638. The van der Waals surface area contributed by atoms with Crippen LogP contribution in [0.1, 0.15) is 0 Å². The minimum absolute atomic E-state index is 0.174. The van der Waals surface area contributed by atoms with Crippen LogP contribution in [0.25, 0.3) is 0 Å².